The van der Waals surface area contributed by atoms with E-state index in [4.69, 9.17) is 5.73 Å². The van der Waals surface area contributed by atoms with Crippen molar-refractivity contribution in [3.8, 4) is 11.1 Å². The molecule has 1 fully saturated rings. The van der Waals surface area contributed by atoms with Crippen LogP contribution in [0.15, 0.2) is 54.6 Å². The quantitative estimate of drug-likeness (QED) is 0.840. The Morgan fingerprint density at radius 1 is 0.964 bits per heavy atom. The first-order chi connectivity index (χ1) is 13.4. The maximum absolute atomic E-state index is 12.5. The van der Waals surface area contributed by atoms with Gasteiger partial charge in [0.25, 0.3) is 0 Å². The topological polar surface area (TPSA) is 66.6 Å². The lowest BCUT2D eigenvalue weighted by atomic mass is 9.88. The molecule has 147 valence electrons. The number of hydrogen-bond donors (Lipinski definition) is 1. The molecule has 0 spiro atoms. The number of benzene rings is 2. The lowest BCUT2D eigenvalue weighted by Gasteiger charge is -2.36. The molecule has 1 saturated heterocycles. The van der Waals surface area contributed by atoms with Crippen LogP contribution in [0.1, 0.15) is 19.4 Å². The van der Waals surface area contributed by atoms with Gasteiger partial charge >= 0.3 is 0 Å². The molecule has 0 unspecified atom stereocenters. The number of primary amides is 1. The van der Waals surface area contributed by atoms with E-state index in [-0.39, 0.29) is 5.91 Å². The Labute approximate surface area is 167 Å². The molecule has 5 heteroatoms. The van der Waals surface area contributed by atoms with Gasteiger partial charge in [0.2, 0.25) is 11.8 Å². The van der Waals surface area contributed by atoms with Crippen LogP contribution < -0.4 is 5.73 Å². The van der Waals surface area contributed by atoms with Crippen LogP contribution in [-0.2, 0) is 16.1 Å². The number of nitrogens with zero attached hydrogens (tertiary/aromatic N) is 2. The Morgan fingerprint density at radius 2 is 1.57 bits per heavy atom. The van der Waals surface area contributed by atoms with E-state index < -0.39 is 11.3 Å². The predicted octanol–water partition coefficient (Wildman–Crippen LogP) is 2.71. The number of carbonyl (C=O) groups excluding carboxylic acids is 2. The third-order valence-electron chi connectivity index (χ3n) is 5.30. The molecule has 0 aliphatic carbocycles. The third-order valence-corrected chi connectivity index (χ3v) is 5.30. The number of nitrogens with two attached hydrogens (primary N) is 1. The van der Waals surface area contributed by atoms with Crippen molar-refractivity contribution in [1.82, 2.24) is 9.80 Å². The highest BCUT2D eigenvalue weighted by Crippen LogP contribution is 2.25. The first-order valence-electron chi connectivity index (χ1n) is 9.67. The molecule has 5 nitrogen and oxygen atoms in total. The van der Waals surface area contributed by atoms with Crippen molar-refractivity contribution in [2.75, 3.05) is 26.2 Å². The maximum atomic E-state index is 12.5. The van der Waals surface area contributed by atoms with E-state index >= 15 is 0 Å². The molecule has 0 saturated carbocycles. The first kappa shape index (κ1) is 20.1. The summed E-state index contributed by atoms with van der Waals surface area (Å²) < 4.78 is 0. The Kier molecular flexibility index (Phi) is 6.15. The van der Waals surface area contributed by atoms with Crippen LogP contribution >= 0.6 is 0 Å². The van der Waals surface area contributed by atoms with Crippen LogP contribution in [0, 0.1) is 11.8 Å². The van der Waals surface area contributed by atoms with Gasteiger partial charge in [-0.3, -0.25) is 14.5 Å². The van der Waals surface area contributed by atoms with Crippen LogP contribution in [0.2, 0.25) is 0 Å². The Morgan fingerprint density at radius 3 is 2.21 bits per heavy atom. The van der Waals surface area contributed by atoms with E-state index in [1.54, 1.807) is 18.7 Å². The lowest BCUT2D eigenvalue weighted by molar-refractivity contribution is -0.134. The summed E-state index contributed by atoms with van der Waals surface area (Å²) in [7, 11) is 0. The van der Waals surface area contributed by atoms with Crippen molar-refractivity contribution in [2.24, 2.45) is 11.1 Å². The fourth-order valence-corrected chi connectivity index (χ4v) is 3.40. The molecular formula is C23H28N3O2. The van der Waals surface area contributed by atoms with Crippen molar-refractivity contribution < 1.29 is 9.59 Å². The van der Waals surface area contributed by atoms with Crippen LogP contribution in [0.5, 0.6) is 0 Å². The van der Waals surface area contributed by atoms with Crippen LogP contribution in [0.3, 0.4) is 0 Å². The third kappa shape index (κ3) is 4.78. The van der Waals surface area contributed by atoms with Gasteiger partial charge < -0.3 is 10.6 Å². The summed E-state index contributed by atoms with van der Waals surface area (Å²) in [4.78, 5) is 28.1. The molecule has 1 aliphatic heterocycles. The Hall–Kier alpha value is -2.66. The summed E-state index contributed by atoms with van der Waals surface area (Å²) in [6.45, 7) is 7.10. The highest BCUT2D eigenvalue weighted by molar-refractivity contribution is 5.94. The standard InChI is InChI=1S/C23H28N3O2/c1-23(2,22(24)28)16-21(27)26-14-12-25(13-15-26)17-19-10-6-7-11-20(19)18-8-4-3-5-9-18/h3-11,16H,12-15,17H2,1-2H3,(H2,24,28). The summed E-state index contributed by atoms with van der Waals surface area (Å²) in [5.41, 5.74) is 8.19. The molecule has 0 aromatic heterocycles. The highest BCUT2D eigenvalue weighted by Gasteiger charge is 2.32. The molecule has 1 aliphatic rings. The predicted molar refractivity (Wildman–Crippen MR) is 111 cm³/mol. The summed E-state index contributed by atoms with van der Waals surface area (Å²) in [5.74, 6) is -0.606. The fraction of sp³-hybridized carbons (Fsp3) is 0.348. The molecule has 0 atom stereocenters. The molecule has 3 rings (SSSR count). The van der Waals surface area contributed by atoms with Crippen molar-refractivity contribution in [3.63, 3.8) is 0 Å². The van der Waals surface area contributed by atoms with Crippen molar-refractivity contribution >= 4 is 11.8 Å². The molecule has 2 amide bonds. The Balaban J connectivity index is 1.60. The van der Waals surface area contributed by atoms with Gasteiger partial charge in [0.15, 0.2) is 0 Å². The summed E-state index contributed by atoms with van der Waals surface area (Å²) >= 11 is 0. The minimum Gasteiger partial charge on any atom is -0.369 e. The summed E-state index contributed by atoms with van der Waals surface area (Å²) in [6, 6.07) is 18.9. The average Bonchev–Trinajstić information content (AvgIpc) is 2.69. The molecule has 2 aromatic carbocycles. The second-order valence-corrected chi connectivity index (χ2v) is 7.85. The van der Waals surface area contributed by atoms with Crippen molar-refractivity contribution in [1.29, 1.82) is 0 Å². The number of amides is 2. The van der Waals surface area contributed by atoms with Gasteiger partial charge in [-0.25, -0.2) is 0 Å². The van der Waals surface area contributed by atoms with Crippen LogP contribution in [0.4, 0.5) is 0 Å². The van der Waals surface area contributed by atoms with Gasteiger partial charge in [0.1, 0.15) is 0 Å². The van der Waals surface area contributed by atoms with Gasteiger partial charge in [-0.15, -0.1) is 0 Å². The summed E-state index contributed by atoms with van der Waals surface area (Å²) in [6.07, 6.45) is 1.44. The number of piperazine rings is 1. The molecule has 2 N–H and O–H groups in total. The fourth-order valence-electron chi connectivity index (χ4n) is 3.40. The zero-order chi connectivity index (χ0) is 20.1. The second-order valence-electron chi connectivity index (χ2n) is 7.85. The van der Waals surface area contributed by atoms with Crippen molar-refractivity contribution in [3.05, 3.63) is 66.6 Å². The minimum absolute atomic E-state index is 0.117. The van der Waals surface area contributed by atoms with Gasteiger partial charge in [-0.2, -0.15) is 0 Å². The Bertz CT molecular complexity index is 825. The van der Waals surface area contributed by atoms with E-state index in [9.17, 15) is 9.59 Å². The number of hydrogen-bond acceptors (Lipinski definition) is 3. The van der Waals surface area contributed by atoms with E-state index in [0.717, 1.165) is 19.6 Å². The van der Waals surface area contributed by atoms with E-state index in [0.29, 0.717) is 13.1 Å². The van der Waals surface area contributed by atoms with E-state index in [1.165, 1.54) is 23.1 Å². The van der Waals surface area contributed by atoms with Gasteiger partial charge in [-0.1, -0.05) is 68.4 Å². The minimum atomic E-state index is -0.928. The zero-order valence-electron chi connectivity index (χ0n) is 16.6. The van der Waals surface area contributed by atoms with Gasteiger partial charge in [-0.05, 0) is 16.7 Å². The first-order valence-corrected chi connectivity index (χ1v) is 9.67. The van der Waals surface area contributed by atoms with Gasteiger partial charge in [0, 0.05) is 32.7 Å². The van der Waals surface area contributed by atoms with Crippen LogP contribution in [-0.4, -0.2) is 47.8 Å². The zero-order valence-corrected chi connectivity index (χ0v) is 16.6. The molecule has 2 aromatic rings. The molecule has 1 radical (unpaired) electrons. The SMILES string of the molecule is CC(C)([CH]C(=O)N1CCN(Cc2ccccc2-c2ccccc2)CC1)C(N)=O. The highest BCUT2D eigenvalue weighted by atomic mass is 16.2. The second kappa shape index (κ2) is 8.57. The monoisotopic (exact) mass is 378 g/mol. The maximum Gasteiger partial charge on any atom is 0.227 e. The molecule has 0 bridgehead atoms. The summed E-state index contributed by atoms with van der Waals surface area (Å²) in [5, 5.41) is 0. The largest absolute Gasteiger partial charge is 0.369 e. The number of rotatable bonds is 6. The van der Waals surface area contributed by atoms with Crippen molar-refractivity contribution in [2.45, 2.75) is 20.4 Å². The molecular weight excluding hydrogens is 350 g/mol. The van der Waals surface area contributed by atoms with E-state index in [2.05, 4.69) is 53.4 Å². The van der Waals surface area contributed by atoms with E-state index in [1.807, 2.05) is 6.07 Å². The number of carbonyl (C=O) groups is 2. The van der Waals surface area contributed by atoms with Crippen LogP contribution in [0.25, 0.3) is 11.1 Å². The average molecular weight is 378 g/mol. The lowest BCUT2D eigenvalue weighted by Crippen LogP contribution is -2.50. The normalized spacial score (nSPS) is 15.4. The molecule has 1 heterocycles. The van der Waals surface area contributed by atoms with Gasteiger partial charge in [0.05, 0.1) is 11.8 Å². The smallest absolute Gasteiger partial charge is 0.227 e. The molecule has 28 heavy (non-hydrogen) atoms.